The molecule has 2 aromatic rings. The number of benzene rings is 1. The molecule has 0 radical (unpaired) electrons. The average molecular weight is 317 g/mol. The van der Waals surface area contributed by atoms with Crippen molar-refractivity contribution in [3.05, 3.63) is 51.8 Å². The van der Waals surface area contributed by atoms with Crippen molar-refractivity contribution in [1.82, 2.24) is 15.2 Å². The van der Waals surface area contributed by atoms with Crippen molar-refractivity contribution in [2.75, 3.05) is 0 Å². The first-order chi connectivity index (χ1) is 8.54. The Bertz CT molecular complexity index is 570. The number of nitrogens with one attached hydrogen (secondary N) is 1. The third kappa shape index (κ3) is 2.29. The van der Waals surface area contributed by atoms with Crippen LogP contribution in [0.15, 0.2) is 28.9 Å². The largest absolute Gasteiger partial charge is 0.275 e. The summed E-state index contributed by atoms with van der Waals surface area (Å²) >= 11 is 3.02. The maximum atomic E-state index is 14.0. The summed E-state index contributed by atoms with van der Waals surface area (Å²) in [7, 11) is 1.71. The molecule has 4 nitrogen and oxygen atoms in total. The maximum Gasteiger partial charge on any atom is 0.145 e. The van der Waals surface area contributed by atoms with Crippen molar-refractivity contribution in [2.24, 2.45) is 12.9 Å². The van der Waals surface area contributed by atoms with Crippen LogP contribution in [0, 0.1) is 11.6 Å². The standard InChI is InChI=1S/C11H11BrF2N4/c1-18-5-4-8(17-18)11(16-15)9-7(13)3-2-6(12)10(9)14/h2-5,11,16H,15H2,1H3. The van der Waals surface area contributed by atoms with Crippen LogP contribution < -0.4 is 11.3 Å². The molecular formula is C11H11BrF2N4. The molecule has 3 N–H and O–H groups in total. The van der Waals surface area contributed by atoms with Crippen LogP contribution in [0.3, 0.4) is 0 Å². The lowest BCUT2D eigenvalue weighted by molar-refractivity contribution is 0.499. The fraction of sp³-hybridized carbons (Fsp3) is 0.182. The Balaban J connectivity index is 2.55. The Morgan fingerprint density at radius 2 is 2.11 bits per heavy atom. The average Bonchev–Trinajstić information content (AvgIpc) is 2.76. The van der Waals surface area contributed by atoms with Gasteiger partial charge in [0.15, 0.2) is 0 Å². The van der Waals surface area contributed by atoms with E-state index in [1.54, 1.807) is 19.3 Å². The summed E-state index contributed by atoms with van der Waals surface area (Å²) in [5.74, 6) is 4.02. The van der Waals surface area contributed by atoms with Gasteiger partial charge in [0.05, 0.1) is 16.2 Å². The van der Waals surface area contributed by atoms with E-state index in [-0.39, 0.29) is 10.0 Å². The van der Waals surface area contributed by atoms with E-state index in [0.29, 0.717) is 5.69 Å². The molecule has 0 spiro atoms. The number of nitrogens with two attached hydrogens (primary N) is 1. The molecule has 96 valence electrons. The van der Waals surface area contributed by atoms with Crippen molar-refractivity contribution in [1.29, 1.82) is 0 Å². The number of hydrazine groups is 1. The fourth-order valence-corrected chi connectivity index (χ4v) is 2.06. The summed E-state index contributed by atoms with van der Waals surface area (Å²) < 4.78 is 29.5. The smallest absolute Gasteiger partial charge is 0.145 e. The molecule has 0 aliphatic carbocycles. The third-order valence-electron chi connectivity index (χ3n) is 2.56. The molecule has 0 fully saturated rings. The van der Waals surface area contributed by atoms with Gasteiger partial charge in [-0.05, 0) is 34.1 Å². The molecule has 2 rings (SSSR count). The molecule has 7 heteroatoms. The predicted octanol–water partition coefficient (Wildman–Crippen LogP) is 2.01. The van der Waals surface area contributed by atoms with Gasteiger partial charge in [0.25, 0.3) is 0 Å². The van der Waals surface area contributed by atoms with E-state index in [1.807, 2.05) is 0 Å². The van der Waals surface area contributed by atoms with Crippen molar-refractivity contribution in [3.8, 4) is 0 Å². The SMILES string of the molecule is Cn1ccc(C(NN)c2c(F)ccc(Br)c2F)n1. The van der Waals surface area contributed by atoms with Crippen molar-refractivity contribution >= 4 is 15.9 Å². The Kier molecular flexibility index (Phi) is 3.74. The van der Waals surface area contributed by atoms with Crippen LogP contribution in [0.25, 0.3) is 0 Å². The lowest BCUT2D eigenvalue weighted by atomic mass is 10.0. The quantitative estimate of drug-likeness (QED) is 0.517. The van der Waals surface area contributed by atoms with E-state index >= 15 is 0 Å². The van der Waals surface area contributed by atoms with Crippen molar-refractivity contribution < 1.29 is 8.78 Å². The Morgan fingerprint density at radius 1 is 1.39 bits per heavy atom. The van der Waals surface area contributed by atoms with E-state index in [2.05, 4.69) is 26.5 Å². The minimum Gasteiger partial charge on any atom is -0.275 e. The zero-order valence-corrected chi connectivity index (χ0v) is 11.1. The highest BCUT2D eigenvalue weighted by Crippen LogP contribution is 2.29. The van der Waals surface area contributed by atoms with Crippen LogP contribution in [0.4, 0.5) is 8.78 Å². The van der Waals surface area contributed by atoms with Gasteiger partial charge in [-0.2, -0.15) is 5.10 Å². The molecule has 1 aromatic carbocycles. The van der Waals surface area contributed by atoms with Gasteiger partial charge in [0.1, 0.15) is 11.6 Å². The topological polar surface area (TPSA) is 55.9 Å². The van der Waals surface area contributed by atoms with E-state index in [1.165, 1.54) is 16.8 Å². The monoisotopic (exact) mass is 316 g/mol. The molecular weight excluding hydrogens is 306 g/mol. The number of rotatable bonds is 3. The van der Waals surface area contributed by atoms with Gasteiger partial charge in [-0.25, -0.2) is 14.2 Å². The van der Waals surface area contributed by atoms with Crippen LogP contribution in [0.1, 0.15) is 17.3 Å². The zero-order valence-electron chi connectivity index (χ0n) is 9.49. The first kappa shape index (κ1) is 13.1. The van der Waals surface area contributed by atoms with Gasteiger partial charge in [0, 0.05) is 18.8 Å². The second-order valence-electron chi connectivity index (χ2n) is 3.77. The number of nitrogens with zero attached hydrogens (tertiary/aromatic N) is 2. The first-order valence-corrected chi connectivity index (χ1v) is 5.93. The molecule has 0 amide bonds. The molecule has 0 saturated heterocycles. The molecule has 0 aliphatic heterocycles. The summed E-state index contributed by atoms with van der Waals surface area (Å²) in [4.78, 5) is 0. The summed E-state index contributed by atoms with van der Waals surface area (Å²) in [6, 6.07) is 3.28. The normalized spacial score (nSPS) is 12.7. The van der Waals surface area contributed by atoms with Gasteiger partial charge < -0.3 is 0 Å². The molecule has 18 heavy (non-hydrogen) atoms. The van der Waals surface area contributed by atoms with E-state index in [9.17, 15) is 8.78 Å². The summed E-state index contributed by atoms with van der Waals surface area (Å²) in [6.07, 6.45) is 1.67. The number of hydrogen-bond donors (Lipinski definition) is 2. The van der Waals surface area contributed by atoms with Crippen LogP contribution in [-0.4, -0.2) is 9.78 Å². The van der Waals surface area contributed by atoms with Crippen molar-refractivity contribution in [3.63, 3.8) is 0 Å². The van der Waals surface area contributed by atoms with Crippen molar-refractivity contribution in [2.45, 2.75) is 6.04 Å². The maximum absolute atomic E-state index is 14.0. The predicted molar refractivity (Wildman–Crippen MR) is 66.4 cm³/mol. The molecule has 0 bridgehead atoms. The minimum absolute atomic E-state index is 0.162. The third-order valence-corrected chi connectivity index (χ3v) is 3.18. The highest BCUT2D eigenvalue weighted by atomic mass is 79.9. The number of halogens is 3. The van der Waals surface area contributed by atoms with Gasteiger partial charge in [-0.1, -0.05) is 0 Å². The molecule has 0 aliphatic rings. The van der Waals surface area contributed by atoms with Crippen LogP contribution in [0.5, 0.6) is 0 Å². The zero-order chi connectivity index (χ0) is 13.3. The summed E-state index contributed by atoms with van der Waals surface area (Å²) in [5.41, 5.74) is 2.66. The van der Waals surface area contributed by atoms with E-state index < -0.39 is 17.7 Å². The first-order valence-electron chi connectivity index (χ1n) is 5.13. The van der Waals surface area contributed by atoms with Gasteiger partial charge in [-0.15, -0.1) is 0 Å². The second-order valence-corrected chi connectivity index (χ2v) is 4.63. The van der Waals surface area contributed by atoms with Crippen LogP contribution in [-0.2, 0) is 7.05 Å². The molecule has 1 aromatic heterocycles. The lowest BCUT2D eigenvalue weighted by Gasteiger charge is -2.16. The molecule has 1 atom stereocenters. The van der Waals surface area contributed by atoms with Crippen LogP contribution >= 0.6 is 15.9 Å². The van der Waals surface area contributed by atoms with Gasteiger partial charge >= 0.3 is 0 Å². The summed E-state index contributed by atoms with van der Waals surface area (Å²) in [5, 5.41) is 4.10. The highest BCUT2D eigenvalue weighted by molar-refractivity contribution is 9.10. The lowest BCUT2D eigenvalue weighted by Crippen LogP contribution is -2.30. The number of hydrogen-bond acceptors (Lipinski definition) is 3. The van der Waals surface area contributed by atoms with E-state index in [4.69, 9.17) is 5.84 Å². The Hall–Kier alpha value is -1.31. The van der Waals surface area contributed by atoms with E-state index in [0.717, 1.165) is 0 Å². The molecule has 1 heterocycles. The summed E-state index contributed by atoms with van der Waals surface area (Å²) in [6.45, 7) is 0. The molecule has 1 unspecified atom stereocenters. The fourth-order valence-electron chi connectivity index (χ4n) is 1.71. The second kappa shape index (κ2) is 5.13. The number of aromatic nitrogens is 2. The Labute approximate surface area is 111 Å². The van der Waals surface area contributed by atoms with Crippen LogP contribution in [0.2, 0.25) is 0 Å². The number of aryl methyl sites for hydroxylation is 1. The minimum atomic E-state index is -0.844. The highest BCUT2D eigenvalue weighted by Gasteiger charge is 2.24. The van der Waals surface area contributed by atoms with Gasteiger partial charge in [0.2, 0.25) is 0 Å². The molecule has 0 saturated carbocycles. The van der Waals surface area contributed by atoms with Gasteiger partial charge in [-0.3, -0.25) is 10.5 Å². The Morgan fingerprint density at radius 3 is 2.67 bits per heavy atom.